The topological polar surface area (TPSA) is 54.9 Å². The van der Waals surface area contributed by atoms with Crippen molar-refractivity contribution < 1.29 is 4.79 Å². The van der Waals surface area contributed by atoms with E-state index < -0.39 is 0 Å². The highest BCUT2D eigenvalue weighted by Gasteiger charge is 2.54. The lowest BCUT2D eigenvalue weighted by molar-refractivity contribution is -0.140. The molecule has 4 aliphatic rings. The third-order valence-corrected chi connectivity index (χ3v) is 8.70. The van der Waals surface area contributed by atoms with Gasteiger partial charge in [0.1, 0.15) is 5.01 Å². The van der Waals surface area contributed by atoms with E-state index in [9.17, 15) is 4.79 Å². The maximum atomic E-state index is 13.3. The Hall–Kier alpha value is -1.75. The molecule has 4 nitrogen and oxygen atoms in total. The van der Waals surface area contributed by atoms with Crippen LogP contribution in [0.5, 0.6) is 0 Å². The van der Waals surface area contributed by atoms with Crippen LogP contribution in [0.4, 0.5) is 5.13 Å². The SMILES string of the molecule is CC(C)Cc1ccc(C(C)c2nnc(NC(=O)C34CC5CC(CC(C5)C3)C4)s2)cc1. The van der Waals surface area contributed by atoms with Gasteiger partial charge in [-0.15, -0.1) is 10.2 Å². The number of anilines is 1. The molecule has 1 amide bonds. The van der Waals surface area contributed by atoms with E-state index in [2.05, 4.69) is 60.6 Å². The van der Waals surface area contributed by atoms with Gasteiger partial charge >= 0.3 is 0 Å². The van der Waals surface area contributed by atoms with Gasteiger partial charge in [0.15, 0.2) is 0 Å². The molecule has 1 N–H and O–H groups in total. The molecular formula is C25H33N3OS. The molecule has 4 fully saturated rings. The second kappa shape index (κ2) is 7.74. The Balaban J connectivity index is 1.26. The highest BCUT2D eigenvalue weighted by molar-refractivity contribution is 7.15. The summed E-state index contributed by atoms with van der Waals surface area (Å²) in [7, 11) is 0. The van der Waals surface area contributed by atoms with Crippen molar-refractivity contribution >= 4 is 22.4 Å². The molecule has 2 aromatic rings. The zero-order chi connectivity index (χ0) is 20.9. The minimum Gasteiger partial charge on any atom is -0.300 e. The maximum Gasteiger partial charge on any atom is 0.232 e. The summed E-state index contributed by atoms with van der Waals surface area (Å²) >= 11 is 1.53. The third-order valence-electron chi connectivity index (χ3n) is 7.68. The molecule has 6 rings (SSSR count). The molecule has 30 heavy (non-hydrogen) atoms. The summed E-state index contributed by atoms with van der Waals surface area (Å²) in [6.07, 6.45) is 8.39. The van der Waals surface area contributed by atoms with Crippen molar-refractivity contribution in [2.75, 3.05) is 5.32 Å². The number of rotatable bonds is 6. The number of amides is 1. The van der Waals surface area contributed by atoms with Crippen molar-refractivity contribution in [1.29, 1.82) is 0 Å². The number of benzene rings is 1. The normalized spacial score (nSPS) is 30.6. The number of carbonyl (C=O) groups excluding carboxylic acids is 1. The smallest absolute Gasteiger partial charge is 0.232 e. The van der Waals surface area contributed by atoms with Gasteiger partial charge in [-0.3, -0.25) is 4.79 Å². The first kappa shape index (κ1) is 20.2. The number of nitrogens with one attached hydrogen (secondary N) is 1. The highest BCUT2D eigenvalue weighted by Crippen LogP contribution is 2.60. The zero-order valence-corrected chi connectivity index (χ0v) is 19.2. The molecule has 0 aliphatic heterocycles. The molecule has 5 heteroatoms. The molecule has 1 aromatic heterocycles. The number of aromatic nitrogens is 2. The Morgan fingerprint density at radius 3 is 2.20 bits per heavy atom. The van der Waals surface area contributed by atoms with Gasteiger partial charge in [-0.2, -0.15) is 0 Å². The van der Waals surface area contributed by atoms with E-state index in [1.807, 2.05) is 0 Å². The highest BCUT2D eigenvalue weighted by atomic mass is 32.1. The Morgan fingerprint density at radius 1 is 1.03 bits per heavy atom. The minimum absolute atomic E-state index is 0.140. The van der Waals surface area contributed by atoms with Crippen LogP contribution < -0.4 is 5.32 Å². The van der Waals surface area contributed by atoms with Gasteiger partial charge in [0.25, 0.3) is 0 Å². The summed E-state index contributed by atoms with van der Waals surface area (Å²) in [6.45, 7) is 6.66. The maximum absolute atomic E-state index is 13.3. The van der Waals surface area contributed by atoms with Crippen LogP contribution in [-0.4, -0.2) is 16.1 Å². The fourth-order valence-electron chi connectivity index (χ4n) is 6.63. The van der Waals surface area contributed by atoms with Crippen LogP contribution in [-0.2, 0) is 11.2 Å². The van der Waals surface area contributed by atoms with E-state index in [0.717, 1.165) is 48.4 Å². The van der Waals surface area contributed by atoms with Gasteiger partial charge < -0.3 is 5.32 Å². The Kier molecular flexibility index (Phi) is 5.20. The van der Waals surface area contributed by atoms with E-state index in [-0.39, 0.29) is 17.2 Å². The van der Waals surface area contributed by atoms with Gasteiger partial charge in [0, 0.05) is 5.92 Å². The number of hydrogen-bond donors (Lipinski definition) is 1. The standard InChI is InChI=1S/C25H33N3OS/c1-15(2)8-17-4-6-21(7-5-17)16(3)22-27-28-24(30-22)26-23(29)25-12-18-9-19(13-25)11-20(10-18)14-25/h4-7,15-16,18-20H,8-14H2,1-3H3,(H,26,28,29). The van der Waals surface area contributed by atoms with Crippen LogP contribution in [0.15, 0.2) is 24.3 Å². The number of hydrogen-bond acceptors (Lipinski definition) is 4. The van der Waals surface area contributed by atoms with Crippen molar-refractivity contribution in [2.24, 2.45) is 29.1 Å². The van der Waals surface area contributed by atoms with E-state index in [0.29, 0.717) is 11.0 Å². The van der Waals surface area contributed by atoms with Crippen LogP contribution in [0.25, 0.3) is 0 Å². The zero-order valence-electron chi connectivity index (χ0n) is 18.4. The van der Waals surface area contributed by atoms with E-state index in [1.165, 1.54) is 41.7 Å². The predicted octanol–water partition coefficient (Wildman–Crippen LogP) is 6.04. The summed E-state index contributed by atoms with van der Waals surface area (Å²) < 4.78 is 0. The van der Waals surface area contributed by atoms with E-state index >= 15 is 0 Å². The van der Waals surface area contributed by atoms with Gasteiger partial charge in [-0.05, 0) is 79.7 Å². The van der Waals surface area contributed by atoms with E-state index in [1.54, 1.807) is 0 Å². The molecule has 0 saturated heterocycles. The van der Waals surface area contributed by atoms with Crippen molar-refractivity contribution in [3.05, 3.63) is 40.4 Å². The first-order valence-electron chi connectivity index (χ1n) is 11.6. The third kappa shape index (κ3) is 3.81. The summed E-state index contributed by atoms with van der Waals surface area (Å²) in [4.78, 5) is 13.3. The van der Waals surface area contributed by atoms with Gasteiger partial charge in [-0.25, -0.2) is 0 Å². The van der Waals surface area contributed by atoms with Crippen molar-refractivity contribution in [2.45, 2.75) is 71.6 Å². The lowest BCUT2D eigenvalue weighted by Gasteiger charge is -2.55. The van der Waals surface area contributed by atoms with Crippen LogP contribution in [0, 0.1) is 29.1 Å². The van der Waals surface area contributed by atoms with Crippen LogP contribution in [0.3, 0.4) is 0 Å². The van der Waals surface area contributed by atoms with Crippen molar-refractivity contribution in [3.63, 3.8) is 0 Å². The molecule has 4 aliphatic carbocycles. The second-order valence-electron chi connectivity index (χ2n) is 10.7. The van der Waals surface area contributed by atoms with Crippen molar-refractivity contribution in [1.82, 2.24) is 10.2 Å². The largest absolute Gasteiger partial charge is 0.300 e. The monoisotopic (exact) mass is 423 g/mol. The van der Waals surface area contributed by atoms with Gasteiger partial charge in [0.05, 0.1) is 5.41 Å². The molecule has 1 heterocycles. The summed E-state index contributed by atoms with van der Waals surface area (Å²) in [6, 6.07) is 8.86. The molecule has 1 aromatic carbocycles. The fraction of sp³-hybridized carbons (Fsp3) is 0.640. The first-order valence-corrected chi connectivity index (χ1v) is 12.5. The molecule has 1 atom stereocenters. The van der Waals surface area contributed by atoms with Gasteiger partial charge in [-0.1, -0.05) is 56.4 Å². The predicted molar refractivity (Wildman–Crippen MR) is 122 cm³/mol. The molecule has 4 bridgehead atoms. The van der Waals surface area contributed by atoms with Gasteiger partial charge in [0.2, 0.25) is 11.0 Å². The van der Waals surface area contributed by atoms with Crippen LogP contribution in [0.1, 0.15) is 81.3 Å². The second-order valence-corrected chi connectivity index (χ2v) is 11.7. The quantitative estimate of drug-likeness (QED) is 0.616. The molecule has 1 unspecified atom stereocenters. The molecule has 4 saturated carbocycles. The van der Waals surface area contributed by atoms with Crippen molar-refractivity contribution in [3.8, 4) is 0 Å². The lowest BCUT2D eigenvalue weighted by Crippen LogP contribution is -2.51. The van der Waals surface area contributed by atoms with Crippen LogP contribution in [0.2, 0.25) is 0 Å². The number of nitrogens with zero attached hydrogens (tertiary/aromatic N) is 2. The molecule has 0 radical (unpaired) electrons. The first-order chi connectivity index (χ1) is 14.4. The van der Waals surface area contributed by atoms with E-state index in [4.69, 9.17) is 0 Å². The Morgan fingerprint density at radius 2 is 1.63 bits per heavy atom. The Bertz CT molecular complexity index is 881. The minimum atomic E-state index is -0.140. The molecule has 160 valence electrons. The Labute approximate surface area is 183 Å². The summed E-state index contributed by atoms with van der Waals surface area (Å²) in [5, 5.41) is 13.5. The lowest BCUT2D eigenvalue weighted by atomic mass is 9.49. The average molecular weight is 424 g/mol. The molecular weight excluding hydrogens is 390 g/mol. The molecule has 0 spiro atoms. The number of carbonyl (C=O) groups is 1. The summed E-state index contributed by atoms with van der Waals surface area (Å²) in [5.41, 5.74) is 2.48. The summed E-state index contributed by atoms with van der Waals surface area (Å²) in [5.74, 6) is 3.36. The average Bonchev–Trinajstić information content (AvgIpc) is 3.15. The van der Waals surface area contributed by atoms with Crippen LogP contribution >= 0.6 is 11.3 Å². The fourth-order valence-corrected chi connectivity index (χ4v) is 7.45.